The Kier molecular flexibility index (Phi) is 6.37. The van der Waals surface area contributed by atoms with Crippen LogP contribution in [0, 0.1) is 19.7 Å². The third kappa shape index (κ3) is 4.34. The molecule has 6 nitrogen and oxygen atoms in total. The van der Waals surface area contributed by atoms with Crippen LogP contribution in [-0.4, -0.2) is 61.0 Å². The molecule has 0 radical (unpaired) electrons. The van der Waals surface area contributed by atoms with Gasteiger partial charge in [-0.3, -0.25) is 9.69 Å². The highest BCUT2D eigenvalue weighted by molar-refractivity contribution is 6.03. The number of methoxy groups -OCH3 is 1. The van der Waals surface area contributed by atoms with Crippen molar-refractivity contribution in [1.82, 2.24) is 9.88 Å². The lowest BCUT2D eigenvalue weighted by Crippen LogP contribution is -2.41. The van der Waals surface area contributed by atoms with Crippen LogP contribution in [0.15, 0.2) is 24.3 Å². The average molecular weight is 401 g/mol. The number of hydrogen-bond donors (Lipinski definition) is 1. The topological polar surface area (TPSA) is 65.6 Å². The molecule has 1 N–H and O–H groups in total. The second-order valence-electron chi connectivity index (χ2n) is 7.51. The molecule has 2 aromatic rings. The molecule has 2 heterocycles. The Morgan fingerprint density at radius 1 is 1.10 bits per heavy atom. The minimum absolute atomic E-state index is 0.0315. The molecule has 1 aliphatic rings. The molecule has 1 atom stereocenters. The van der Waals surface area contributed by atoms with Gasteiger partial charge < -0.3 is 14.6 Å². The number of carbonyl (C=O) groups is 2. The summed E-state index contributed by atoms with van der Waals surface area (Å²) in [4.78, 5) is 32.6. The molecule has 0 bridgehead atoms. The number of anilines is 1. The molecule has 0 saturated carbocycles. The van der Waals surface area contributed by atoms with E-state index in [0.717, 1.165) is 38.3 Å². The summed E-state index contributed by atoms with van der Waals surface area (Å²) < 4.78 is 18.0. The summed E-state index contributed by atoms with van der Waals surface area (Å²) in [5, 5.41) is 0. The van der Waals surface area contributed by atoms with Crippen LogP contribution in [0.2, 0.25) is 0 Å². The summed E-state index contributed by atoms with van der Waals surface area (Å²) in [6.45, 7) is 8.60. The van der Waals surface area contributed by atoms with E-state index in [9.17, 15) is 14.0 Å². The standard InChI is InChI=1S/C22H28FN3O3/c1-14-19(22(28)29-4)15(2)24-20(14)21(27)16(3)25-10-5-11-26(13-12-25)18-8-6-17(23)7-9-18/h6-9,16,24H,5,10-13H2,1-4H3. The summed E-state index contributed by atoms with van der Waals surface area (Å²) in [5.74, 6) is -0.712. The molecular weight excluding hydrogens is 373 g/mol. The molecule has 0 spiro atoms. The number of benzene rings is 1. The first kappa shape index (κ1) is 21.0. The molecule has 0 amide bonds. The van der Waals surface area contributed by atoms with Crippen LogP contribution in [0.25, 0.3) is 0 Å². The van der Waals surface area contributed by atoms with Crippen LogP contribution in [0.5, 0.6) is 0 Å². The first-order valence-corrected chi connectivity index (χ1v) is 9.89. The molecular formula is C22H28FN3O3. The van der Waals surface area contributed by atoms with Gasteiger partial charge in [0.2, 0.25) is 0 Å². The normalized spacial score (nSPS) is 16.4. The number of Topliss-reactive ketones (excluding diaryl/α,β-unsaturated/α-hetero) is 1. The van der Waals surface area contributed by atoms with E-state index in [1.54, 1.807) is 26.0 Å². The Hall–Kier alpha value is -2.67. The number of H-pyrrole nitrogens is 1. The third-order valence-electron chi connectivity index (χ3n) is 5.72. The Balaban J connectivity index is 1.72. The predicted molar refractivity (Wildman–Crippen MR) is 110 cm³/mol. The zero-order valence-corrected chi connectivity index (χ0v) is 17.4. The number of carbonyl (C=O) groups excluding carboxylic acids is 2. The largest absolute Gasteiger partial charge is 0.465 e. The molecule has 1 aliphatic heterocycles. The molecule has 156 valence electrons. The number of esters is 1. The van der Waals surface area contributed by atoms with Crippen molar-refractivity contribution in [2.24, 2.45) is 0 Å². The van der Waals surface area contributed by atoms with Gasteiger partial charge in [0.05, 0.1) is 24.4 Å². The Morgan fingerprint density at radius 2 is 1.79 bits per heavy atom. The number of aromatic nitrogens is 1. The van der Waals surface area contributed by atoms with Gasteiger partial charge in [0.25, 0.3) is 0 Å². The maximum Gasteiger partial charge on any atom is 0.339 e. The lowest BCUT2D eigenvalue weighted by molar-refractivity contribution is 0.0599. The van der Waals surface area contributed by atoms with E-state index in [0.29, 0.717) is 22.5 Å². The lowest BCUT2D eigenvalue weighted by atomic mass is 10.0. The first-order valence-electron chi connectivity index (χ1n) is 9.89. The first-order chi connectivity index (χ1) is 13.8. The molecule has 1 fully saturated rings. The van der Waals surface area contributed by atoms with Gasteiger partial charge >= 0.3 is 5.97 Å². The van der Waals surface area contributed by atoms with Crippen LogP contribution in [0.3, 0.4) is 0 Å². The number of nitrogens with zero attached hydrogens (tertiary/aromatic N) is 2. The number of aromatic amines is 1. The van der Waals surface area contributed by atoms with Crippen LogP contribution >= 0.6 is 0 Å². The highest BCUT2D eigenvalue weighted by Gasteiger charge is 2.29. The molecule has 7 heteroatoms. The van der Waals surface area contributed by atoms with Crippen molar-refractivity contribution in [3.8, 4) is 0 Å². The van der Waals surface area contributed by atoms with Crippen molar-refractivity contribution in [3.63, 3.8) is 0 Å². The number of ether oxygens (including phenoxy) is 1. The van der Waals surface area contributed by atoms with Crippen LogP contribution in [0.1, 0.15) is 45.4 Å². The minimum atomic E-state index is -0.437. The smallest absolute Gasteiger partial charge is 0.339 e. The number of halogens is 1. The summed E-state index contributed by atoms with van der Waals surface area (Å²) in [7, 11) is 1.34. The zero-order chi connectivity index (χ0) is 21.1. The molecule has 1 aromatic heterocycles. The number of aryl methyl sites for hydroxylation is 1. The predicted octanol–water partition coefficient (Wildman–Crippen LogP) is 3.34. The van der Waals surface area contributed by atoms with Gasteiger partial charge in [-0.15, -0.1) is 0 Å². The van der Waals surface area contributed by atoms with Gasteiger partial charge in [-0.1, -0.05) is 0 Å². The maximum absolute atomic E-state index is 13.2. The lowest BCUT2D eigenvalue weighted by Gasteiger charge is -2.27. The van der Waals surface area contributed by atoms with Crippen molar-refractivity contribution in [1.29, 1.82) is 0 Å². The third-order valence-corrected chi connectivity index (χ3v) is 5.72. The van der Waals surface area contributed by atoms with Crippen molar-refractivity contribution < 1.29 is 18.7 Å². The number of hydrogen-bond acceptors (Lipinski definition) is 5. The van der Waals surface area contributed by atoms with E-state index < -0.39 is 5.97 Å². The van der Waals surface area contributed by atoms with Crippen LogP contribution in [-0.2, 0) is 4.74 Å². The van der Waals surface area contributed by atoms with Gasteiger partial charge in [0.1, 0.15) is 5.82 Å². The van der Waals surface area contributed by atoms with E-state index in [1.165, 1.54) is 19.2 Å². The van der Waals surface area contributed by atoms with Crippen LogP contribution in [0.4, 0.5) is 10.1 Å². The number of nitrogens with one attached hydrogen (secondary N) is 1. The highest BCUT2D eigenvalue weighted by Crippen LogP contribution is 2.23. The number of rotatable bonds is 5. The zero-order valence-electron chi connectivity index (χ0n) is 17.4. The van der Waals surface area contributed by atoms with Crippen molar-refractivity contribution in [2.45, 2.75) is 33.2 Å². The fourth-order valence-electron chi connectivity index (χ4n) is 4.01. The number of ketones is 1. The highest BCUT2D eigenvalue weighted by atomic mass is 19.1. The van der Waals surface area contributed by atoms with Gasteiger partial charge in [-0.05, 0) is 57.0 Å². The molecule has 1 saturated heterocycles. The van der Waals surface area contributed by atoms with Gasteiger partial charge in [-0.2, -0.15) is 0 Å². The van der Waals surface area contributed by atoms with E-state index in [1.807, 2.05) is 6.92 Å². The van der Waals surface area contributed by atoms with E-state index in [-0.39, 0.29) is 17.6 Å². The van der Waals surface area contributed by atoms with Crippen molar-refractivity contribution in [3.05, 3.63) is 52.6 Å². The molecule has 0 aliphatic carbocycles. The Bertz CT molecular complexity index is 891. The maximum atomic E-state index is 13.2. The van der Waals surface area contributed by atoms with Crippen molar-refractivity contribution in [2.75, 3.05) is 38.2 Å². The van der Waals surface area contributed by atoms with Gasteiger partial charge in [-0.25, -0.2) is 9.18 Å². The van der Waals surface area contributed by atoms with E-state index in [4.69, 9.17) is 4.74 Å². The average Bonchev–Trinajstić information content (AvgIpc) is 2.88. The Labute approximate surface area is 170 Å². The van der Waals surface area contributed by atoms with Gasteiger partial charge in [0.15, 0.2) is 5.78 Å². The van der Waals surface area contributed by atoms with E-state index >= 15 is 0 Å². The molecule has 3 rings (SSSR count). The minimum Gasteiger partial charge on any atom is -0.465 e. The SMILES string of the molecule is COC(=O)c1c(C)[nH]c(C(=O)C(C)N2CCCN(c3ccc(F)cc3)CC2)c1C. The monoisotopic (exact) mass is 401 g/mol. The van der Waals surface area contributed by atoms with E-state index in [2.05, 4.69) is 14.8 Å². The van der Waals surface area contributed by atoms with Crippen LogP contribution < -0.4 is 4.90 Å². The fourth-order valence-corrected chi connectivity index (χ4v) is 4.01. The fraction of sp³-hybridized carbons (Fsp3) is 0.455. The molecule has 1 aromatic carbocycles. The Morgan fingerprint density at radius 3 is 2.45 bits per heavy atom. The van der Waals surface area contributed by atoms with Crippen molar-refractivity contribution >= 4 is 17.4 Å². The molecule has 29 heavy (non-hydrogen) atoms. The summed E-state index contributed by atoms with van der Waals surface area (Å²) in [5.41, 5.74) is 3.17. The second-order valence-corrected chi connectivity index (χ2v) is 7.51. The molecule has 1 unspecified atom stereocenters. The summed E-state index contributed by atoms with van der Waals surface area (Å²) in [6, 6.07) is 6.21. The summed E-state index contributed by atoms with van der Waals surface area (Å²) >= 11 is 0. The second kappa shape index (κ2) is 8.78. The summed E-state index contributed by atoms with van der Waals surface area (Å²) in [6.07, 6.45) is 0.908. The van der Waals surface area contributed by atoms with Gasteiger partial charge in [0, 0.05) is 37.6 Å². The quantitative estimate of drug-likeness (QED) is 0.615.